The van der Waals surface area contributed by atoms with Crippen LogP contribution in [0.5, 0.6) is 0 Å². The number of amidine groups is 1. The molecule has 27 heavy (non-hydrogen) atoms. The van der Waals surface area contributed by atoms with Crippen molar-refractivity contribution in [2.24, 2.45) is 10.7 Å². The van der Waals surface area contributed by atoms with Crippen molar-refractivity contribution in [3.05, 3.63) is 59.7 Å². The minimum absolute atomic E-state index is 0.193. The number of pyridine rings is 1. The van der Waals surface area contributed by atoms with Crippen molar-refractivity contribution in [2.45, 2.75) is 33.6 Å². The molecule has 0 aliphatic rings. The number of carbonyl (C=O) groups excluding carboxylic acids is 1. The molecule has 2 aromatic rings. The molecular weight excluding hydrogens is 345 g/mol. The summed E-state index contributed by atoms with van der Waals surface area (Å²) in [6.45, 7) is 6.22. The highest BCUT2D eigenvalue weighted by Gasteiger charge is 2.07. The predicted octanol–water partition coefficient (Wildman–Crippen LogP) is 4.14. The van der Waals surface area contributed by atoms with Gasteiger partial charge in [0.25, 0.3) is 5.91 Å². The van der Waals surface area contributed by atoms with Crippen molar-refractivity contribution in [3.63, 3.8) is 0 Å². The zero-order chi connectivity index (χ0) is 20.7. The molecule has 0 saturated heterocycles. The van der Waals surface area contributed by atoms with E-state index in [2.05, 4.69) is 29.1 Å². The molecule has 3 N–H and O–H groups in total. The fourth-order valence-corrected chi connectivity index (χ4v) is 1.48. The highest BCUT2D eigenvalue weighted by molar-refractivity contribution is 6.02. The van der Waals surface area contributed by atoms with Crippen LogP contribution >= 0.6 is 0 Å². The molecule has 1 aromatic carbocycles. The summed E-state index contributed by atoms with van der Waals surface area (Å²) in [5.74, 6) is -0.0643. The Bertz CT molecular complexity index is 749. The molecule has 6 nitrogen and oxygen atoms in total. The number of aromatic nitrogens is 1. The lowest BCUT2D eigenvalue weighted by molar-refractivity contribution is 0.102. The van der Waals surface area contributed by atoms with Crippen molar-refractivity contribution >= 4 is 17.4 Å². The smallest absolute Gasteiger partial charge is 0.274 e. The Balaban J connectivity index is 0.000000632. The van der Waals surface area contributed by atoms with Crippen LogP contribution < -0.4 is 11.1 Å². The Morgan fingerprint density at radius 2 is 1.81 bits per heavy atom. The number of benzene rings is 1. The lowest BCUT2D eigenvalue weighted by Gasteiger charge is -2.04. The van der Waals surface area contributed by atoms with Gasteiger partial charge in [-0.2, -0.15) is 5.26 Å². The topological polar surface area (TPSA) is 104 Å². The minimum atomic E-state index is -0.411. The molecule has 1 aromatic heterocycles. The van der Waals surface area contributed by atoms with Crippen LogP contribution in [0.15, 0.2) is 47.6 Å². The van der Waals surface area contributed by atoms with E-state index < -0.39 is 5.91 Å². The second kappa shape index (κ2) is 14.0. The van der Waals surface area contributed by atoms with Crippen LogP contribution in [0.3, 0.4) is 0 Å². The Kier molecular flexibility index (Phi) is 12.3. The first-order chi connectivity index (χ1) is 12.9. The van der Waals surface area contributed by atoms with Gasteiger partial charge in [-0.25, -0.2) is 9.37 Å². The van der Waals surface area contributed by atoms with E-state index in [4.69, 9.17) is 11.0 Å². The molecule has 144 valence electrons. The van der Waals surface area contributed by atoms with Gasteiger partial charge in [-0.15, -0.1) is 0 Å². The monoisotopic (exact) mass is 371 g/mol. The van der Waals surface area contributed by atoms with Gasteiger partial charge in [-0.1, -0.05) is 27.2 Å². The van der Waals surface area contributed by atoms with Crippen LogP contribution in [0.2, 0.25) is 0 Å². The average Bonchev–Trinajstić information content (AvgIpc) is 2.70. The van der Waals surface area contributed by atoms with Crippen molar-refractivity contribution in [1.82, 2.24) is 4.98 Å². The standard InChI is InChI=1S/C13H8FN3O.C4H10N2.C3H8/c14-10-2-4-11(5-3-10)17-13(18)12-6-1-9(7-15)8-16-12;1-3-4(5)6-2;1-3-2/h1-6,8H,(H,17,18);3H2,1-2H3,(H2,5,6);3H2,1-2H3. The summed E-state index contributed by atoms with van der Waals surface area (Å²) in [5.41, 5.74) is 6.28. The lowest BCUT2D eigenvalue weighted by Crippen LogP contribution is -2.13. The normalized spacial score (nSPS) is 9.70. The zero-order valence-electron chi connectivity index (χ0n) is 16.2. The molecule has 0 bridgehead atoms. The van der Waals surface area contributed by atoms with E-state index in [1.807, 2.05) is 13.0 Å². The van der Waals surface area contributed by atoms with E-state index in [1.165, 1.54) is 49.0 Å². The van der Waals surface area contributed by atoms with E-state index in [0.29, 0.717) is 11.3 Å². The number of nitrogens with two attached hydrogens (primary N) is 1. The molecule has 0 fully saturated rings. The third-order valence-electron chi connectivity index (χ3n) is 2.88. The third kappa shape index (κ3) is 10.3. The van der Waals surface area contributed by atoms with Crippen LogP contribution in [0.1, 0.15) is 49.7 Å². The van der Waals surface area contributed by atoms with E-state index in [9.17, 15) is 9.18 Å². The summed E-state index contributed by atoms with van der Waals surface area (Å²) < 4.78 is 12.7. The van der Waals surface area contributed by atoms with Crippen molar-refractivity contribution in [3.8, 4) is 6.07 Å². The van der Waals surface area contributed by atoms with Gasteiger partial charge >= 0.3 is 0 Å². The fraction of sp³-hybridized carbons (Fsp3) is 0.300. The molecule has 2 rings (SSSR count). The van der Waals surface area contributed by atoms with E-state index in [1.54, 1.807) is 7.05 Å². The Morgan fingerprint density at radius 3 is 2.19 bits per heavy atom. The van der Waals surface area contributed by atoms with Crippen molar-refractivity contribution in [2.75, 3.05) is 12.4 Å². The number of nitrogens with zero attached hydrogens (tertiary/aromatic N) is 3. The summed E-state index contributed by atoms with van der Waals surface area (Å²) in [4.78, 5) is 19.3. The molecule has 7 heteroatoms. The summed E-state index contributed by atoms with van der Waals surface area (Å²) in [5, 5.41) is 11.2. The number of rotatable bonds is 3. The van der Waals surface area contributed by atoms with Crippen molar-refractivity contribution < 1.29 is 9.18 Å². The SMILES string of the molecule is CCC.CCC(N)=NC.N#Cc1ccc(C(=O)Nc2ccc(F)cc2)nc1. The first kappa shape index (κ1) is 23.7. The number of aliphatic imine (C=N–C) groups is 1. The van der Waals surface area contributed by atoms with E-state index >= 15 is 0 Å². The highest BCUT2D eigenvalue weighted by Crippen LogP contribution is 2.10. The quantitative estimate of drug-likeness (QED) is 0.625. The van der Waals surface area contributed by atoms with Gasteiger partial charge in [-0.05, 0) is 36.4 Å². The fourth-order valence-electron chi connectivity index (χ4n) is 1.48. The molecule has 1 heterocycles. The van der Waals surface area contributed by atoms with Crippen LogP contribution in [-0.4, -0.2) is 23.8 Å². The van der Waals surface area contributed by atoms with Gasteiger partial charge in [0.15, 0.2) is 0 Å². The molecule has 0 aliphatic carbocycles. The number of nitrogens with one attached hydrogen (secondary N) is 1. The number of amides is 1. The first-order valence-electron chi connectivity index (χ1n) is 8.55. The van der Waals surface area contributed by atoms with Crippen LogP contribution in [-0.2, 0) is 0 Å². The minimum Gasteiger partial charge on any atom is -0.387 e. The molecule has 0 atom stereocenters. The molecule has 0 radical (unpaired) electrons. The molecular formula is C20H26FN5O. The summed E-state index contributed by atoms with van der Waals surface area (Å²) in [7, 11) is 1.69. The Hall–Kier alpha value is -3.27. The number of nitriles is 1. The molecule has 0 saturated carbocycles. The molecule has 1 amide bonds. The predicted molar refractivity (Wildman–Crippen MR) is 107 cm³/mol. The zero-order valence-corrected chi connectivity index (χ0v) is 16.2. The lowest BCUT2D eigenvalue weighted by atomic mass is 10.2. The second-order valence-electron chi connectivity index (χ2n) is 5.28. The Labute approximate surface area is 160 Å². The van der Waals surface area contributed by atoms with Crippen LogP contribution in [0.4, 0.5) is 10.1 Å². The third-order valence-corrected chi connectivity index (χ3v) is 2.88. The number of carbonyl (C=O) groups is 1. The van der Waals surface area contributed by atoms with Crippen molar-refractivity contribution in [1.29, 1.82) is 5.26 Å². The molecule has 0 spiro atoms. The average molecular weight is 371 g/mol. The van der Waals surface area contributed by atoms with E-state index in [0.717, 1.165) is 12.3 Å². The Morgan fingerprint density at radius 1 is 1.22 bits per heavy atom. The summed E-state index contributed by atoms with van der Waals surface area (Å²) in [6.07, 6.45) is 3.43. The van der Waals surface area contributed by atoms with Gasteiger partial charge in [0.2, 0.25) is 0 Å². The maximum Gasteiger partial charge on any atom is 0.274 e. The van der Waals surface area contributed by atoms with Gasteiger partial charge in [0.05, 0.1) is 11.4 Å². The van der Waals surface area contributed by atoms with Crippen LogP contribution in [0, 0.1) is 17.1 Å². The van der Waals surface area contributed by atoms with E-state index in [-0.39, 0.29) is 11.5 Å². The number of hydrogen-bond donors (Lipinski definition) is 2. The van der Waals surface area contributed by atoms with Gasteiger partial charge in [0.1, 0.15) is 17.6 Å². The maximum absolute atomic E-state index is 12.7. The first-order valence-corrected chi connectivity index (χ1v) is 8.55. The van der Waals surface area contributed by atoms with Gasteiger partial charge in [0, 0.05) is 25.4 Å². The molecule has 0 unspecified atom stereocenters. The second-order valence-corrected chi connectivity index (χ2v) is 5.28. The number of anilines is 1. The number of hydrogen-bond acceptors (Lipinski definition) is 4. The summed E-state index contributed by atoms with van der Waals surface area (Å²) in [6, 6.07) is 10.3. The summed E-state index contributed by atoms with van der Waals surface area (Å²) >= 11 is 0. The van der Waals surface area contributed by atoms with Crippen LogP contribution in [0.25, 0.3) is 0 Å². The van der Waals surface area contributed by atoms with Gasteiger partial charge in [-0.3, -0.25) is 9.79 Å². The maximum atomic E-state index is 12.7. The highest BCUT2D eigenvalue weighted by atomic mass is 19.1. The number of halogens is 1. The largest absolute Gasteiger partial charge is 0.387 e. The van der Waals surface area contributed by atoms with Gasteiger partial charge < -0.3 is 11.1 Å². The molecule has 0 aliphatic heterocycles.